The van der Waals surface area contributed by atoms with Gasteiger partial charge in [-0.2, -0.15) is 0 Å². The molecule has 29 heavy (non-hydrogen) atoms. The molecule has 1 aliphatic rings. The Kier molecular flexibility index (Phi) is 6.87. The number of hydrogen-bond donors (Lipinski definition) is 1. The molecule has 1 saturated heterocycles. The molecule has 6 heteroatoms. The van der Waals surface area contributed by atoms with E-state index in [0.29, 0.717) is 18.7 Å². The fourth-order valence-corrected chi connectivity index (χ4v) is 3.91. The summed E-state index contributed by atoms with van der Waals surface area (Å²) in [6.07, 6.45) is 0. The lowest BCUT2D eigenvalue weighted by atomic mass is 9.95. The number of nitrogens with zero attached hydrogens (tertiary/aromatic N) is 2. The van der Waals surface area contributed by atoms with Gasteiger partial charge >= 0.3 is 0 Å². The van der Waals surface area contributed by atoms with Crippen molar-refractivity contribution in [3.63, 3.8) is 0 Å². The van der Waals surface area contributed by atoms with Gasteiger partial charge in [-0.05, 0) is 30.8 Å². The van der Waals surface area contributed by atoms with E-state index in [-0.39, 0.29) is 11.3 Å². The van der Waals surface area contributed by atoms with E-state index in [1.54, 1.807) is 29.2 Å². The normalized spacial score (nSPS) is 18.6. The molecule has 2 aromatic carbocycles. The van der Waals surface area contributed by atoms with Crippen LogP contribution in [0.4, 0.5) is 0 Å². The second kappa shape index (κ2) is 9.37. The maximum atomic E-state index is 12.9. The van der Waals surface area contributed by atoms with E-state index in [4.69, 9.17) is 0 Å². The highest BCUT2D eigenvalue weighted by molar-refractivity contribution is 9.10. The average molecular weight is 457 g/mol. The molecule has 1 fully saturated rings. The maximum absolute atomic E-state index is 12.9. The minimum atomic E-state index is -0.640. The van der Waals surface area contributed by atoms with E-state index in [1.807, 2.05) is 30.3 Å². The van der Waals surface area contributed by atoms with Gasteiger partial charge in [0.15, 0.2) is 0 Å². The van der Waals surface area contributed by atoms with Gasteiger partial charge in [-0.25, -0.2) is 0 Å². The van der Waals surface area contributed by atoms with Crippen molar-refractivity contribution in [1.29, 1.82) is 0 Å². The van der Waals surface area contributed by atoms with Gasteiger partial charge in [-0.1, -0.05) is 72.2 Å². The van der Waals surface area contributed by atoms with Crippen molar-refractivity contribution in [2.24, 2.45) is 0 Å². The third-order valence-corrected chi connectivity index (χ3v) is 5.85. The molecule has 0 bridgehead atoms. The number of ketones is 1. The van der Waals surface area contributed by atoms with E-state index in [9.17, 15) is 14.7 Å². The van der Waals surface area contributed by atoms with Gasteiger partial charge in [0.2, 0.25) is 0 Å². The molecule has 2 aromatic rings. The summed E-state index contributed by atoms with van der Waals surface area (Å²) in [6.45, 7) is 6.95. The molecule has 1 heterocycles. The predicted molar refractivity (Wildman–Crippen MR) is 117 cm³/mol. The lowest BCUT2D eigenvalue weighted by Gasteiger charge is -2.28. The molecular weight excluding hydrogens is 432 g/mol. The number of carbonyl (C=O) groups excluding carboxylic acids is 2. The highest BCUT2D eigenvalue weighted by atomic mass is 79.9. The molecule has 152 valence electrons. The van der Waals surface area contributed by atoms with Gasteiger partial charge in [-0.3, -0.25) is 9.59 Å². The second-order valence-corrected chi connectivity index (χ2v) is 7.85. The van der Waals surface area contributed by atoms with Crippen LogP contribution in [0.15, 0.2) is 64.6 Å². The molecule has 0 aliphatic carbocycles. The fourth-order valence-electron chi connectivity index (χ4n) is 3.64. The third kappa shape index (κ3) is 4.43. The first-order valence-electron chi connectivity index (χ1n) is 9.79. The predicted octanol–water partition coefficient (Wildman–Crippen LogP) is 4.21. The van der Waals surface area contributed by atoms with Crippen LogP contribution in [0.25, 0.3) is 5.76 Å². The Balaban J connectivity index is 2.07. The zero-order valence-corrected chi connectivity index (χ0v) is 18.2. The van der Waals surface area contributed by atoms with Gasteiger partial charge in [-0.15, -0.1) is 0 Å². The highest BCUT2D eigenvalue weighted by Gasteiger charge is 2.45. The largest absolute Gasteiger partial charge is 0.507 e. The number of Topliss-reactive ketones (excluding diaryl/α,β-unsaturated/α-hetero) is 1. The van der Waals surface area contributed by atoms with Crippen LogP contribution in [-0.2, 0) is 9.59 Å². The third-order valence-electron chi connectivity index (χ3n) is 5.32. The molecule has 1 atom stereocenters. The molecule has 1 aliphatic heterocycles. The van der Waals surface area contributed by atoms with Crippen LogP contribution >= 0.6 is 15.9 Å². The van der Waals surface area contributed by atoms with E-state index < -0.39 is 17.7 Å². The second-order valence-electron chi connectivity index (χ2n) is 6.94. The lowest BCUT2D eigenvalue weighted by molar-refractivity contribution is -0.140. The Labute approximate surface area is 179 Å². The molecule has 1 N–H and O–H groups in total. The molecule has 1 unspecified atom stereocenters. The fraction of sp³-hybridized carbons (Fsp3) is 0.304. The van der Waals surface area contributed by atoms with Gasteiger partial charge in [0.1, 0.15) is 5.76 Å². The molecule has 1 amide bonds. The first-order chi connectivity index (χ1) is 14.0. The Morgan fingerprint density at radius 2 is 1.66 bits per heavy atom. The summed E-state index contributed by atoms with van der Waals surface area (Å²) in [6, 6.07) is 15.8. The smallest absolute Gasteiger partial charge is 0.295 e. The SMILES string of the molecule is CCN(CC)CCN1C(=O)C(=O)C(=C(O)c2ccccc2)C1c1ccc(Br)cc1. The van der Waals surface area contributed by atoms with Crippen molar-refractivity contribution >= 4 is 33.4 Å². The number of hydrogen-bond acceptors (Lipinski definition) is 4. The molecular formula is C23H25BrN2O3. The lowest BCUT2D eigenvalue weighted by Crippen LogP contribution is -2.38. The molecule has 0 radical (unpaired) electrons. The maximum Gasteiger partial charge on any atom is 0.295 e. The van der Waals surface area contributed by atoms with Gasteiger partial charge in [0.25, 0.3) is 11.7 Å². The quantitative estimate of drug-likeness (QED) is 0.385. The molecule has 0 spiro atoms. The van der Waals surface area contributed by atoms with Crippen molar-refractivity contribution in [1.82, 2.24) is 9.80 Å². The van der Waals surface area contributed by atoms with Crippen molar-refractivity contribution < 1.29 is 14.7 Å². The summed E-state index contributed by atoms with van der Waals surface area (Å²) in [5.74, 6) is -1.34. The highest BCUT2D eigenvalue weighted by Crippen LogP contribution is 2.39. The van der Waals surface area contributed by atoms with Crippen LogP contribution in [0.3, 0.4) is 0 Å². The first kappa shape index (κ1) is 21.3. The van der Waals surface area contributed by atoms with Crippen LogP contribution in [0.2, 0.25) is 0 Å². The monoisotopic (exact) mass is 456 g/mol. The molecule has 0 saturated carbocycles. The van der Waals surface area contributed by atoms with Crippen LogP contribution < -0.4 is 0 Å². The number of likely N-dealkylation sites (N-methyl/N-ethyl adjacent to an activating group) is 1. The summed E-state index contributed by atoms with van der Waals surface area (Å²) in [5, 5.41) is 10.9. The van der Waals surface area contributed by atoms with E-state index in [2.05, 4.69) is 34.7 Å². The first-order valence-corrected chi connectivity index (χ1v) is 10.6. The average Bonchev–Trinajstić information content (AvgIpc) is 3.00. The van der Waals surface area contributed by atoms with Crippen LogP contribution in [0.1, 0.15) is 31.0 Å². The van der Waals surface area contributed by atoms with E-state index >= 15 is 0 Å². The Bertz CT molecular complexity index is 905. The number of amides is 1. The number of aliphatic hydroxyl groups excluding tert-OH is 1. The number of aliphatic hydroxyl groups is 1. The van der Waals surface area contributed by atoms with Gasteiger partial charge in [0, 0.05) is 23.1 Å². The number of rotatable bonds is 7. The van der Waals surface area contributed by atoms with Gasteiger partial charge in [0.05, 0.1) is 11.6 Å². The summed E-state index contributed by atoms with van der Waals surface area (Å²) >= 11 is 3.43. The minimum absolute atomic E-state index is 0.137. The minimum Gasteiger partial charge on any atom is -0.507 e. The standard InChI is InChI=1S/C23H25BrN2O3/c1-3-25(4-2)14-15-26-20(16-10-12-18(24)13-11-16)19(22(28)23(26)29)21(27)17-8-6-5-7-9-17/h5-13,20,27H,3-4,14-15H2,1-2H3. The van der Waals surface area contributed by atoms with Crippen LogP contribution in [0, 0.1) is 0 Å². The van der Waals surface area contributed by atoms with Crippen molar-refractivity contribution in [3.05, 3.63) is 75.8 Å². The van der Waals surface area contributed by atoms with Gasteiger partial charge < -0.3 is 14.9 Å². The summed E-state index contributed by atoms with van der Waals surface area (Å²) in [5.41, 5.74) is 1.46. The summed E-state index contributed by atoms with van der Waals surface area (Å²) in [4.78, 5) is 29.6. The Morgan fingerprint density at radius 1 is 1.03 bits per heavy atom. The zero-order chi connectivity index (χ0) is 21.0. The summed E-state index contributed by atoms with van der Waals surface area (Å²) in [7, 11) is 0. The molecule has 5 nitrogen and oxygen atoms in total. The summed E-state index contributed by atoms with van der Waals surface area (Å²) < 4.78 is 0.907. The van der Waals surface area contributed by atoms with Crippen molar-refractivity contribution in [2.75, 3.05) is 26.2 Å². The Morgan fingerprint density at radius 3 is 2.24 bits per heavy atom. The van der Waals surface area contributed by atoms with E-state index in [0.717, 1.165) is 23.1 Å². The van der Waals surface area contributed by atoms with Crippen LogP contribution in [0.5, 0.6) is 0 Å². The van der Waals surface area contributed by atoms with Crippen LogP contribution in [-0.4, -0.2) is 52.8 Å². The molecule has 0 aromatic heterocycles. The number of carbonyl (C=O) groups is 2. The van der Waals surface area contributed by atoms with E-state index in [1.165, 1.54) is 0 Å². The number of benzene rings is 2. The zero-order valence-electron chi connectivity index (χ0n) is 16.6. The Hall–Kier alpha value is -2.44. The van der Waals surface area contributed by atoms with Crippen molar-refractivity contribution in [3.8, 4) is 0 Å². The molecule has 3 rings (SSSR count). The van der Waals surface area contributed by atoms with Crippen molar-refractivity contribution in [2.45, 2.75) is 19.9 Å². The number of likely N-dealkylation sites (tertiary alicyclic amines) is 1. The topological polar surface area (TPSA) is 60.9 Å². The number of halogens is 1.